The molecule has 2 amide bonds. The van der Waals surface area contributed by atoms with Crippen LogP contribution in [0.5, 0.6) is 11.5 Å². The van der Waals surface area contributed by atoms with E-state index in [0.717, 1.165) is 28.5 Å². The first kappa shape index (κ1) is 32.2. The standard InChI is InChI=1S/C32H36N2O7S/c1-21(34-22(2)35)32(38)42-29(18-23-11-13-25(14-12-23)24-8-5-4-6-9-24)31(37)41-20-26-15-16-27(19-28(26)39-3)40-17-7-10-30(33)36/h4-6,8-9,11-16,19,21,29H,7,10,17-18,20H2,1-3H3,(H2,33,36)(H,34,35)/t21-,29-/m1/s1. The van der Waals surface area contributed by atoms with Gasteiger partial charge in [-0.3, -0.25) is 19.2 Å². The lowest BCUT2D eigenvalue weighted by Gasteiger charge is -2.19. The number of carbonyl (C=O) groups excluding carboxylic acids is 4. The number of ether oxygens (including phenoxy) is 3. The van der Waals surface area contributed by atoms with Gasteiger partial charge in [-0.25, -0.2) is 0 Å². The highest BCUT2D eigenvalue weighted by molar-refractivity contribution is 8.14. The maximum absolute atomic E-state index is 13.3. The molecule has 222 valence electrons. The number of methoxy groups -OCH3 is 1. The van der Waals surface area contributed by atoms with Gasteiger partial charge in [0.15, 0.2) is 0 Å². The van der Waals surface area contributed by atoms with E-state index in [1.165, 1.54) is 14.0 Å². The van der Waals surface area contributed by atoms with E-state index in [1.807, 2.05) is 54.6 Å². The number of amides is 2. The van der Waals surface area contributed by atoms with Crippen molar-refractivity contribution in [1.82, 2.24) is 5.32 Å². The Morgan fingerprint density at radius 3 is 2.29 bits per heavy atom. The summed E-state index contributed by atoms with van der Waals surface area (Å²) in [5.41, 5.74) is 8.74. The van der Waals surface area contributed by atoms with Gasteiger partial charge in [0, 0.05) is 25.0 Å². The van der Waals surface area contributed by atoms with E-state index in [0.29, 0.717) is 30.1 Å². The van der Waals surface area contributed by atoms with Crippen LogP contribution in [-0.2, 0) is 36.9 Å². The first-order valence-electron chi connectivity index (χ1n) is 13.5. The SMILES string of the molecule is COc1cc(OCCCC(N)=O)ccc1COC(=O)[C@@H](Cc1ccc(-c2ccccc2)cc1)SC(=O)[C@@H](C)NC(C)=O. The van der Waals surface area contributed by atoms with Gasteiger partial charge in [0.25, 0.3) is 0 Å². The largest absolute Gasteiger partial charge is 0.496 e. The number of primary amides is 1. The van der Waals surface area contributed by atoms with Gasteiger partial charge in [-0.05, 0) is 48.6 Å². The lowest BCUT2D eigenvalue weighted by Crippen LogP contribution is -2.37. The average Bonchev–Trinajstić information content (AvgIpc) is 2.98. The molecule has 3 rings (SSSR count). The van der Waals surface area contributed by atoms with Crippen molar-refractivity contribution in [1.29, 1.82) is 0 Å². The number of hydrogen-bond donors (Lipinski definition) is 2. The van der Waals surface area contributed by atoms with E-state index >= 15 is 0 Å². The Balaban J connectivity index is 1.70. The lowest BCUT2D eigenvalue weighted by atomic mass is 10.0. The molecule has 3 aromatic carbocycles. The van der Waals surface area contributed by atoms with Crippen LogP contribution in [0.25, 0.3) is 11.1 Å². The van der Waals surface area contributed by atoms with E-state index < -0.39 is 17.3 Å². The number of rotatable bonds is 15. The van der Waals surface area contributed by atoms with Crippen molar-refractivity contribution in [3.8, 4) is 22.6 Å². The Kier molecular flexibility index (Phi) is 12.4. The molecule has 3 aromatic rings. The molecular formula is C32H36N2O7S. The molecule has 3 N–H and O–H groups in total. The molecule has 10 heteroatoms. The highest BCUT2D eigenvalue weighted by atomic mass is 32.2. The topological polar surface area (TPSA) is 134 Å². The van der Waals surface area contributed by atoms with Crippen molar-refractivity contribution in [2.75, 3.05) is 13.7 Å². The van der Waals surface area contributed by atoms with Gasteiger partial charge in [-0.1, -0.05) is 66.4 Å². The number of nitrogens with one attached hydrogen (secondary N) is 1. The number of carbonyl (C=O) groups is 4. The molecule has 0 bridgehead atoms. The molecule has 0 saturated heterocycles. The third kappa shape index (κ3) is 10.3. The van der Waals surface area contributed by atoms with Gasteiger partial charge in [0.1, 0.15) is 23.4 Å². The Labute approximate surface area is 250 Å². The summed E-state index contributed by atoms with van der Waals surface area (Å²) in [7, 11) is 1.50. The molecule has 42 heavy (non-hydrogen) atoms. The maximum atomic E-state index is 13.3. The third-order valence-corrected chi connectivity index (χ3v) is 7.47. The summed E-state index contributed by atoms with van der Waals surface area (Å²) in [4.78, 5) is 48.5. The molecule has 2 atom stereocenters. The van der Waals surface area contributed by atoms with Crippen LogP contribution in [0.2, 0.25) is 0 Å². The van der Waals surface area contributed by atoms with Crippen LogP contribution in [0.15, 0.2) is 72.8 Å². The van der Waals surface area contributed by atoms with Crippen LogP contribution in [0.1, 0.15) is 37.8 Å². The van der Waals surface area contributed by atoms with Crippen LogP contribution in [0, 0.1) is 0 Å². The minimum atomic E-state index is -0.838. The molecule has 0 heterocycles. The van der Waals surface area contributed by atoms with Crippen molar-refractivity contribution in [2.24, 2.45) is 5.73 Å². The molecule has 0 fully saturated rings. The zero-order valence-electron chi connectivity index (χ0n) is 24.0. The summed E-state index contributed by atoms with van der Waals surface area (Å²) in [5.74, 6) is -0.285. The predicted molar refractivity (Wildman–Crippen MR) is 162 cm³/mol. The Morgan fingerprint density at radius 1 is 0.952 bits per heavy atom. The van der Waals surface area contributed by atoms with Crippen molar-refractivity contribution in [3.63, 3.8) is 0 Å². The van der Waals surface area contributed by atoms with E-state index in [2.05, 4.69) is 5.32 Å². The second kappa shape index (κ2) is 16.2. The van der Waals surface area contributed by atoms with Crippen molar-refractivity contribution in [3.05, 3.63) is 83.9 Å². The van der Waals surface area contributed by atoms with Gasteiger partial charge in [-0.2, -0.15) is 0 Å². The normalized spacial score (nSPS) is 12.1. The fraction of sp³-hybridized carbons (Fsp3) is 0.312. The molecule has 0 radical (unpaired) electrons. The Hall–Kier alpha value is -4.31. The van der Waals surface area contributed by atoms with Crippen LogP contribution in [-0.4, -0.2) is 47.9 Å². The van der Waals surface area contributed by atoms with Gasteiger partial charge < -0.3 is 25.3 Å². The number of esters is 1. The van der Waals surface area contributed by atoms with Crippen molar-refractivity contribution in [2.45, 2.75) is 51.0 Å². The first-order valence-corrected chi connectivity index (χ1v) is 14.4. The summed E-state index contributed by atoms with van der Waals surface area (Å²) >= 11 is 0.847. The van der Waals surface area contributed by atoms with Crippen molar-refractivity contribution >= 4 is 34.7 Å². The van der Waals surface area contributed by atoms with Gasteiger partial charge in [0.05, 0.1) is 19.8 Å². The molecule has 0 saturated carbocycles. The van der Waals surface area contributed by atoms with Crippen LogP contribution >= 0.6 is 11.8 Å². The quantitative estimate of drug-likeness (QED) is 0.195. The molecule has 0 unspecified atom stereocenters. The van der Waals surface area contributed by atoms with Gasteiger partial charge in [-0.15, -0.1) is 0 Å². The number of nitrogens with two attached hydrogens (primary N) is 1. The second-order valence-electron chi connectivity index (χ2n) is 9.61. The molecule has 0 aliphatic heterocycles. The lowest BCUT2D eigenvalue weighted by molar-refractivity contribution is -0.144. The highest BCUT2D eigenvalue weighted by Crippen LogP contribution is 2.28. The summed E-state index contributed by atoms with van der Waals surface area (Å²) in [5, 5.41) is 1.38. The third-order valence-electron chi connectivity index (χ3n) is 6.24. The van der Waals surface area contributed by atoms with Crippen LogP contribution < -0.4 is 20.5 Å². The van der Waals surface area contributed by atoms with Crippen LogP contribution in [0.3, 0.4) is 0 Å². The Bertz CT molecular complexity index is 1360. The van der Waals surface area contributed by atoms with E-state index in [4.69, 9.17) is 19.9 Å². The summed E-state index contributed by atoms with van der Waals surface area (Å²) in [6, 6.07) is 22.1. The monoisotopic (exact) mass is 592 g/mol. The van der Waals surface area contributed by atoms with Gasteiger partial charge in [0.2, 0.25) is 16.9 Å². The molecule has 0 aliphatic rings. The van der Waals surface area contributed by atoms with Crippen LogP contribution in [0.4, 0.5) is 0 Å². The number of benzene rings is 3. The van der Waals surface area contributed by atoms with E-state index in [9.17, 15) is 19.2 Å². The fourth-order valence-electron chi connectivity index (χ4n) is 4.07. The molecule has 0 aromatic heterocycles. The average molecular weight is 593 g/mol. The summed E-state index contributed by atoms with van der Waals surface area (Å²) < 4.78 is 16.8. The fourth-order valence-corrected chi connectivity index (χ4v) is 5.05. The summed E-state index contributed by atoms with van der Waals surface area (Å²) in [6.45, 7) is 3.15. The minimum absolute atomic E-state index is 0.0800. The van der Waals surface area contributed by atoms with Gasteiger partial charge >= 0.3 is 5.97 Å². The van der Waals surface area contributed by atoms with E-state index in [-0.39, 0.29) is 36.4 Å². The highest BCUT2D eigenvalue weighted by Gasteiger charge is 2.28. The van der Waals surface area contributed by atoms with Crippen molar-refractivity contribution < 1.29 is 33.4 Å². The minimum Gasteiger partial charge on any atom is -0.496 e. The number of hydrogen-bond acceptors (Lipinski definition) is 8. The molecule has 0 aliphatic carbocycles. The Morgan fingerprint density at radius 2 is 1.64 bits per heavy atom. The molecular weight excluding hydrogens is 556 g/mol. The van der Waals surface area contributed by atoms with E-state index in [1.54, 1.807) is 25.1 Å². The smallest absolute Gasteiger partial charge is 0.320 e. The zero-order chi connectivity index (χ0) is 30.5. The number of thioether (sulfide) groups is 1. The maximum Gasteiger partial charge on any atom is 0.320 e. The first-order chi connectivity index (χ1) is 20.2. The molecule has 9 nitrogen and oxygen atoms in total. The summed E-state index contributed by atoms with van der Waals surface area (Å²) in [6.07, 6.45) is 0.976. The molecule has 0 spiro atoms. The predicted octanol–water partition coefficient (Wildman–Crippen LogP) is 4.45. The zero-order valence-corrected chi connectivity index (χ0v) is 24.8. The second-order valence-corrected chi connectivity index (χ2v) is 10.8.